The topological polar surface area (TPSA) is 93.1 Å². The lowest BCUT2D eigenvalue weighted by Gasteiger charge is -2.37. The van der Waals surface area contributed by atoms with Gasteiger partial charge in [0.25, 0.3) is 0 Å². The Labute approximate surface area is 136 Å². The summed E-state index contributed by atoms with van der Waals surface area (Å²) < 4.78 is 11.3. The van der Waals surface area contributed by atoms with Crippen molar-refractivity contribution < 1.29 is 29.3 Å². The fourth-order valence-electron chi connectivity index (χ4n) is 4.59. The fourth-order valence-corrected chi connectivity index (χ4v) is 4.59. The Morgan fingerprint density at radius 2 is 1.87 bits per heavy atom. The molecule has 0 radical (unpaired) electrons. The van der Waals surface area contributed by atoms with Crippen LogP contribution in [0, 0.1) is 22.7 Å². The lowest BCUT2D eigenvalue weighted by atomic mass is 9.66. The highest BCUT2D eigenvalue weighted by atomic mass is 16.6. The van der Waals surface area contributed by atoms with Crippen LogP contribution in [-0.2, 0) is 19.1 Å². The summed E-state index contributed by atoms with van der Waals surface area (Å²) in [6, 6.07) is 0. The van der Waals surface area contributed by atoms with Crippen molar-refractivity contribution in [3.63, 3.8) is 0 Å². The van der Waals surface area contributed by atoms with E-state index in [9.17, 15) is 19.8 Å². The number of carboxylic acid groups (broad SMARTS) is 1. The van der Waals surface area contributed by atoms with Gasteiger partial charge in [0.15, 0.2) is 0 Å². The minimum absolute atomic E-state index is 0.0596. The normalized spacial score (nSPS) is 45.0. The lowest BCUT2D eigenvalue weighted by Crippen LogP contribution is -2.44. The molecule has 1 heterocycles. The maximum absolute atomic E-state index is 12.7. The van der Waals surface area contributed by atoms with E-state index in [1.807, 2.05) is 13.8 Å². The quantitative estimate of drug-likeness (QED) is 0.765. The van der Waals surface area contributed by atoms with Crippen LogP contribution in [0.2, 0.25) is 0 Å². The first-order valence-corrected chi connectivity index (χ1v) is 8.42. The molecule has 6 atom stereocenters. The van der Waals surface area contributed by atoms with Gasteiger partial charge in [0.05, 0.1) is 30.1 Å². The number of aliphatic hydroxyl groups excluding tert-OH is 1. The molecule has 0 bridgehead atoms. The second kappa shape index (κ2) is 5.45. The van der Waals surface area contributed by atoms with E-state index in [4.69, 9.17) is 9.47 Å². The van der Waals surface area contributed by atoms with Gasteiger partial charge in [-0.05, 0) is 38.0 Å². The molecule has 3 rings (SSSR count). The number of ether oxygens (including phenoxy) is 2. The summed E-state index contributed by atoms with van der Waals surface area (Å²) >= 11 is 0. The smallest absolute Gasteiger partial charge is 0.309 e. The summed E-state index contributed by atoms with van der Waals surface area (Å²) in [7, 11) is 0. The lowest BCUT2D eigenvalue weighted by molar-refractivity contribution is -0.164. The van der Waals surface area contributed by atoms with Crippen LogP contribution in [0.25, 0.3) is 0 Å². The Hall–Kier alpha value is -1.14. The molecule has 0 aromatic rings. The van der Waals surface area contributed by atoms with Crippen LogP contribution in [0.1, 0.15) is 46.5 Å². The third-order valence-electron chi connectivity index (χ3n) is 6.78. The number of hydrogen-bond donors (Lipinski definition) is 2. The Bertz CT molecular complexity index is 515. The van der Waals surface area contributed by atoms with Crippen LogP contribution in [0.4, 0.5) is 0 Å². The van der Waals surface area contributed by atoms with Crippen LogP contribution in [0.15, 0.2) is 0 Å². The Kier molecular flexibility index (Phi) is 3.96. The third-order valence-corrected chi connectivity index (χ3v) is 6.78. The van der Waals surface area contributed by atoms with Gasteiger partial charge in [-0.25, -0.2) is 0 Å². The number of aliphatic hydroxyl groups is 1. The summed E-state index contributed by atoms with van der Waals surface area (Å²) in [5.41, 5.74) is -1.58. The number of rotatable bonds is 3. The molecule has 0 amide bonds. The molecule has 6 heteroatoms. The molecule has 0 spiro atoms. The van der Waals surface area contributed by atoms with E-state index in [2.05, 4.69) is 0 Å². The van der Waals surface area contributed by atoms with Crippen LogP contribution < -0.4 is 0 Å². The molecule has 2 N–H and O–H groups in total. The molecule has 3 aliphatic rings. The first-order valence-electron chi connectivity index (χ1n) is 8.42. The van der Waals surface area contributed by atoms with Gasteiger partial charge in [-0.3, -0.25) is 9.59 Å². The second-order valence-corrected chi connectivity index (χ2v) is 8.03. The average Bonchev–Trinajstić information content (AvgIpc) is 3.08. The average molecular weight is 326 g/mol. The fraction of sp³-hybridized carbons (Fsp3) is 0.882. The third kappa shape index (κ3) is 2.38. The van der Waals surface area contributed by atoms with Crippen molar-refractivity contribution in [3.8, 4) is 0 Å². The molecule has 2 saturated carbocycles. The van der Waals surface area contributed by atoms with Crippen LogP contribution in [-0.4, -0.2) is 47.1 Å². The molecule has 0 aromatic carbocycles. The molecular weight excluding hydrogens is 300 g/mol. The van der Waals surface area contributed by atoms with E-state index in [1.54, 1.807) is 6.92 Å². The predicted octanol–water partition coefficient (Wildman–Crippen LogP) is 1.59. The van der Waals surface area contributed by atoms with E-state index in [0.29, 0.717) is 25.9 Å². The van der Waals surface area contributed by atoms with Crippen molar-refractivity contribution in [3.05, 3.63) is 0 Å². The maximum atomic E-state index is 12.7. The number of fused-ring (bicyclic) bond motifs is 1. The molecule has 1 aliphatic heterocycles. The Morgan fingerprint density at radius 1 is 1.17 bits per heavy atom. The highest BCUT2D eigenvalue weighted by Gasteiger charge is 2.59. The summed E-state index contributed by atoms with van der Waals surface area (Å²) in [5, 5.41) is 19.4. The Balaban J connectivity index is 1.69. The number of carbonyl (C=O) groups is 2. The van der Waals surface area contributed by atoms with Crippen LogP contribution in [0.5, 0.6) is 0 Å². The summed E-state index contributed by atoms with van der Waals surface area (Å²) in [5.74, 6) is -1.55. The largest absolute Gasteiger partial charge is 0.481 e. The van der Waals surface area contributed by atoms with E-state index >= 15 is 0 Å². The van der Waals surface area contributed by atoms with Gasteiger partial charge in [-0.2, -0.15) is 0 Å². The molecule has 130 valence electrons. The molecule has 23 heavy (non-hydrogen) atoms. The van der Waals surface area contributed by atoms with E-state index < -0.39 is 28.8 Å². The van der Waals surface area contributed by atoms with Crippen molar-refractivity contribution in [1.82, 2.24) is 0 Å². The molecule has 6 nitrogen and oxygen atoms in total. The zero-order valence-electron chi connectivity index (χ0n) is 13.9. The summed E-state index contributed by atoms with van der Waals surface area (Å²) in [6.45, 7) is 5.72. The van der Waals surface area contributed by atoms with Gasteiger partial charge in [0, 0.05) is 5.92 Å². The number of esters is 1. The molecule has 1 saturated heterocycles. The first kappa shape index (κ1) is 16.7. The van der Waals surface area contributed by atoms with Crippen molar-refractivity contribution in [1.29, 1.82) is 0 Å². The number of carbonyl (C=O) groups excluding carboxylic acids is 1. The van der Waals surface area contributed by atoms with Gasteiger partial charge in [0.1, 0.15) is 6.10 Å². The summed E-state index contributed by atoms with van der Waals surface area (Å²) in [6.07, 6.45) is 1.45. The number of carboxylic acids is 1. The van der Waals surface area contributed by atoms with Gasteiger partial charge < -0.3 is 19.7 Å². The van der Waals surface area contributed by atoms with Gasteiger partial charge >= 0.3 is 11.9 Å². The first-order chi connectivity index (χ1) is 10.7. The van der Waals surface area contributed by atoms with Crippen molar-refractivity contribution in [2.45, 2.75) is 64.8 Å². The minimum atomic E-state index is -0.922. The van der Waals surface area contributed by atoms with Crippen molar-refractivity contribution >= 4 is 11.9 Å². The number of hydrogen-bond acceptors (Lipinski definition) is 5. The summed E-state index contributed by atoms with van der Waals surface area (Å²) in [4.78, 5) is 24.3. The van der Waals surface area contributed by atoms with Crippen LogP contribution in [0.3, 0.4) is 0 Å². The molecule has 2 aliphatic carbocycles. The van der Waals surface area contributed by atoms with Gasteiger partial charge in [-0.15, -0.1) is 0 Å². The second-order valence-electron chi connectivity index (χ2n) is 8.03. The maximum Gasteiger partial charge on any atom is 0.309 e. The SMILES string of the molecule is CC1(C)[C@@H](C(=O)O[C@@H]2CO[C@H]3[C@@H]2CC[C@@H]3O)CC[C@@]1(C)C(=O)O. The molecule has 0 unspecified atom stereocenters. The predicted molar refractivity (Wildman–Crippen MR) is 80.6 cm³/mol. The zero-order valence-corrected chi connectivity index (χ0v) is 13.9. The Morgan fingerprint density at radius 3 is 2.48 bits per heavy atom. The number of aliphatic carboxylic acids is 1. The van der Waals surface area contributed by atoms with E-state index in [-0.39, 0.29) is 24.1 Å². The highest BCUT2D eigenvalue weighted by molar-refractivity contribution is 5.81. The monoisotopic (exact) mass is 326 g/mol. The van der Waals surface area contributed by atoms with Gasteiger partial charge in [-0.1, -0.05) is 13.8 Å². The minimum Gasteiger partial charge on any atom is -0.481 e. The molecule has 3 fully saturated rings. The molecule has 0 aromatic heterocycles. The van der Waals surface area contributed by atoms with E-state index in [1.165, 1.54) is 0 Å². The zero-order chi connectivity index (χ0) is 17.0. The highest BCUT2D eigenvalue weighted by Crippen LogP contribution is 2.56. The molecular formula is C17H26O6. The van der Waals surface area contributed by atoms with Crippen LogP contribution >= 0.6 is 0 Å². The van der Waals surface area contributed by atoms with Crippen molar-refractivity contribution in [2.75, 3.05) is 6.61 Å². The van der Waals surface area contributed by atoms with Gasteiger partial charge in [0.2, 0.25) is 0 Å². The standard InChI is InChI=1S/C17H26O6/c1-16(2)10(6-7-17(16,3)15(20)21)14(19)23-12-8-22-13-9(12)4-5-11(13)18/h9-13,18H,4-8H2,1-3H3,(H,20,21)/t9-,10-,11+,12-,13+,17+/m1/s1. The van der Waals surface area contributed by atoms with E-state index in [0.717, 1.165) is 6.42 Å². The van der Waals surface area contributed by atoms with Crippen molar-refractivity contribution in [2.24, 2.45) is 22.7 Å².